The highest BCUT2D eigenvalue weighted by molar-refractivity contribution is 7.99. The summed E-state index contributed by atoms with van der Waals surface area (Å²) in [6, 6.07) is 17.2. The van der Waals surface area contributed by atoms with Gasteiger partial charge in [-0.2, -0.15) is 0 Å². The lowest BCUT2D eigenvalue weighted by atomic mass is 10.2. The van der Waals surface area contributed by atoms with Crippen molar-refractivity contribution in [2.75, 3.05) is 18.2 Å². The highest BCUT2D eigenvalue weighted by Gasteiger charge is 2.16. The molecule has 7 heteroatoms. The molecule has 1 N–H and O–H groups in total. The van der Waals surface area contributed by atoms with Crippen molar-refractivity contribution in [3.8, 4) is 17.1 Å². The molecule has 28 heavy (non-hydrogen) atoms. The van der Waals surface area contributed by atoms with E-state index in [2.05, 4.69) is 33.9 Å². The Labute approximate surface area is 169 Å². The molecule has 0 unspecified atom stereocenters. The predicted molar refractivity (Wildman–Crippen MR) is 113 cm³/mol. The first-order valence-corrected chi connectivity index (χ1v) is 10.1. The van der Waals surface area contributed by atoms with Crippen LogP contribution in [0.1, 0.15) is 13.8 Å². The summed E-state index contributed by atoms with van der Waals surface area (Å²) in [5, 5.41) is 12.3. The van der Waals surface area contributed by atoms with Crippen molar-refractivity contribution in [2.24, 2.45) is 5.92 Å². The summed E-state index contributed by atoms with van der Waals surface area (Å²) in [4.78, 5) is 12.3. The number of carbonyl (C=O) groups is 1. The molecule has 1 aromatic heterocycles. The number of rotatable bonds is 8. The fraction of sp³-hybridized carbons (Fsp3) is 0.286. The largest absolute Gasteiger partial charge is 0.497 e. The summed E-state index contributed by atoms with van der Waals surface area (Å²) in [5.41, 5.74) is 1.75. The van der Waals surface area contributed by atoms with E-state index in [1.54, 1.807) is 7.11 Å². The molecule has 0 radical (unpaired) electrons. The quantitative estimate of drug-likeness (QED) is 0.574. The summed E-state index contributed by atoms with van der Waals surface area (Å²) in [7, 11) is 1.61. The third-order valence-electron chi connectivity index (χ3n) is 4.00. The molecule has 6 nitrogen and oxygen atoms in total. The number of nitrogens with one attached hydrogen (secondary N) is 1. The molecule has 0 spiro atoms. The third kappa shape index (κ3) is 5.13. The van der Waals surface area contributed by atoms with E-state index >= 15 is 0 Å². The zero-order valence-electron chi connectivity index (χ0n) is 16.3. The van der Waals surface area contributed by atoms with Gasteiger partial charge in [0.05, 0.1) is 12.9 Å². The van der Waals surface area contributed by atoms with Gasteiger partial charge >= 0.3 is 0 Å². The number of thioether (sulfide) groups is 1. The van der Waals surface area contributed by atoms with Gasteiger partial charge in [-0.3, -0.25) is 4.79 Å². The second-order valence-corrected chi connectivity index (χ2v) is 7.68. The second kappa shape index (κ2) is 9.41. The fourth-order valence-corrected chi connectivity index (χ4v) is 3.48. The van der Waals surface area contributed by atoms with Crippen LogP contribution in [0.4, 0.5) is 5.69 Å². The standard InChI is InChI=1S/C21H24N4O2S/c1-15(2)13-25-20(16-7-5-4-6-8-16)23-24-21(25)28-14-19(26)22-17-9-11-18(27-3)12-10-17/h4-12,15H,13-14H2,1-3H3,(H,22,26). The van der Waals surface area contributed by atoms with E-state index in [1.807, 2.05) is 54.6 Å². The van der Waals surface area contributed by atoms with Crippen LogP contribution in [0.25, 0.3) is 11.4 Å². The normalized spacial score (nSPS) is 10.9. The zero-order valence-corrected chi connectivity index (χ0v) is 17.1. The summed E-state index contributed by atoms with van der Waals surface area (Å²) in [5.74, 6) is 2.19. The van der Waals surface area contributed by atoms with E-state index in [4.69, 9.17) is 4.74 Å². The average Bonchev–Trinajstić information content (AvgIpc) is 3.09. The molecule has 0 fully saturated rings. The minimum absolute atomic E-state index is 0.0875. The first kappa shape index (κ1) is 19.9. The van der Waals surface area contributed by atoms with Crippen LogP contribution < -0.4 is 10.1 Å². The number of benzene rings is 2. The minimum atomic E-state index is -0.0875. The molecule has 0 aliphatic rings. The van der Waals surface area contributed by atoms with Gasteiger partial charge < -0.3 is 14.6 Å². The first-order valence-electron chi connectivity index (χ1n) is 9.12. The summed E-state index contributed by atoms with van der Waals surface area (Å²) >= 11 is 1.39. The van der Waals surface area contributed by atoms with Crippen LogP contribution in [0, 0.1) is 5.92 Å². The van der Waals surface area contributed by atoms with Crippen molar-refractivity contribution < 1.29 is 9.53 Å². The van der Waals surface area contributed by atoms with Crippen molar-refractivity contribution in [3.05, 3.63) is 54.6 Å². The molecule has 3 aromatic rings. The number of carbonyl (C=O) groups excluding carboxylic acids is 1. The molecule has 0 saturated heterocycles. The number of amides is 1. The maximum atomic E-state index is 12.3. The van der Waals surface area contributed by atoms with E-state index in [0.29, 0.717) is 5.92 Å². The lowest BCUT2D eigenvalue weighted by molar-refractivity contribution is -0.113. The van der Waals surface area contributed by atoms with E-state index in [9.17, 15) is 4.79 Å². The van der Waals surface area contributed by atoms with E-state index in [1.165, 1.54) is 11.8 Å². The second-order valence-electron chi connectivity index (χ2n) is 6.74. The van der Waals surface area contributed by atoms with Gasteiger partial charge in [0.2, 0.25) is 5.91 Å². The number of hydrogen-bond donors (Lipinski definition) is 1. The molecule has 3 rings (SSSR count). The van der Waals surface area contributed by atoms with Gasteiger partial charge in [-0.05, 0) is 30.2 Å². The van der Waals surface area contributed by atoms with E-state index in [0.717, 1.165) is 34.5 Å². The Kier molecular flexibility index (Phi) is 6.71. The Balaban J connectivity index is 1.69. The Morgan fingerprint density at radius 1 is 1.11 bits per heavy atom. The van der Waals surface area contributed by atoms with Crippen molar-refractivity contribution >= 4 is 23.4 Å². The van der Waals surface area contributed by atoms with Crippen LogP contribution in [0.3, 0.4) is 0 Å². The lowest BCUT2D eigenvalue weighted by Crippen LogP contribution is -2.15. The number of hydrogen-bond acceptors (Lipinski definition) is 5. The molecule has 2 aromatic carbocycles. The Bertz CT molecular complexity index is 908. The van der Waals surface area contributed by atoms with Crippen LogP contribution >= 0.6 is 11.8 Å². The van der Waals surface area contributed by atoms with Gasteiger partial charge in [0.1, 0.15) is 5.75 Å². The minimum Gasteiger partial charge on any atom is -0.497 e. The van der Waals surface area contributed by atoms with Crippen LogP contribution in [-0.2, 0) is 11.3 Å². The molecule has 0 bridgehead atoms. The number of nitrogens with zero attached hydrogens (tertiary/aromatic N) is 3. The number of methoxy groups -OCH3 is 1. The van der Waals surface area contributed by atoms with Crippen molar-refractivity contribution in [1.82, 2.24) is 14.8 Å². The van der Waals surface area contributed by atoms with Crippen molar-refractivity contribution in [3.63, 3.8) is 0 Å². The van der Waals surface area contributed by atoms with Crippen molar-refractivity contribution in [2.45, 2.75) is 25.5 Å². The van der Waals surface area contributed by atoms with Gasteiger partial charge in [0.25, 0.3) is 0 Å². The van der Waals surface area contributed by atoms with Gasteiger partial charge in [0.15, 0.2) is 11.0 Å². The first-order chi connectivity index (χ1) is 13.6. The van der Waals surface area contributed by atoms with Gasteiger partial charge in [-0.15, -0.1) is 10.2 Å². The molecule has 0 atom stereocenters. The van der Waals surface area contributed by atoms with E-state index < -0.39 is 0 Å². The van der Waals surface area contributed by atoms with E-state index in [-0.39, 0.29) is 11.7 Å². The smallest absolute Gasteiger partial charge is 0.234 e. The highest BCUT2D eigenvalue weighted by Crippen LogP contribution is 2.25. The van der Waals surface area contributed by atoms with Crippen LogP contribution in [0.15, 0.2) is 59.8 Å². The van der Waals surface area contributed by atoms with Crippen LogP contribution in [-0.4, -0.2) is 33.5 Å². The summed E-state index contributed by atoms with van der Waals surface area (Å²) in [6.07, 6.45) is 0. The molecular weight excluding hydrogens is 372 g/mol. The van der Waals surface area contributed by atoms with Crippen molar-refractivity contribution in [1.29, 1.82) is 0 Å². The summed E-state index contributed by atoms with van der Waals surface area (Å²) in [6.45, 7) is 5.10. The van der Waals surface area contributed by atoms with Gasteiger partial charge in [-0.25, -0.2) is 0 Å². The summed E-state index contributed by atoms with van der Waals surface area (Å²) < 4.78 is 7.22. The number of aromatic nitrogens is 3. The molecular formula is C21H24N4O2S. The van der Waals surface area contributed by atoms with Gasteiger partial charge in [0, 0.05) is 17.8 Å². The van der Waals surface area contributed by atoms with Crippen LogP contribution in [0.2, 0.25) is 0 Å². The molecule has 0 aliphatic heterocycles. The average molecular weight is 397 g/mol. The molecule has 146 valence electrons. The fourth-order valence-electron chi connectivity index (χ4n) is 2.73. The maximum Gasteiger partial charge on any atom is 0.234 e. The number of ether oxygens (including phenoxy) is 1. The monoisotopic (exact) mass is 396 g/mol. The Morgan fingerprint density at radius 2 is 1.82 bits per heavy atom. The molecule has 0 aliphatic carbocycles. The Hall–Kier alpha value is -2.80. The zero-order chi connectivity index (χ0) is 19.9. The molecule has 1 amide bonds. The SMILES string of the molecule is COc1ccc(NC(=O)CSc2nnc(-c3ccccc3)n2CC(C)C)cc1. The highest BCUT2D eigenvalue weighted by atomic mass is 32.2. The molecule has 1 heterocycles. The third-order valence-corrected chi connectivity index (χ3v) is 4.97. The predicted octanol–water partition coefficient (Wildman–Crippen LogP) is 4.34. The lowest BCUT2D eigenvalue weighted by Gasteiger charge is -2.12. The van der Waals surface area contributed by atoms with Crippen LogP contribution in [0.5, 0.6) is 5.75 Å². The topological polar surface area (TPSA) is 69.0 Å². The number of anilines is 1. The van der Waals surface area contributed by atoms with Gasteiger partial charge in [-0.1, -0.05) is 55.9 Å². The maximum absolute atomic E-state index is 12.3. The Morgan fingerprint density at radius 3 is 2.46 bits per heavy atom. The molecule has 0 saturated carbocycles.